The topological polar surface area (TPSA) is 250 Å². The summed E-state index contributed by atoms with van der Waals surface area (Å²) >= 11 is 6.34. The second-order valence-corrected chi connectivity index (χ2v) is 16.7. The second kappa shape index (κ2) is 20.5. The number of hydrogen-bond donors (Lipinski definition) is 5. The molecule has 2 aliphatic heterocycles. The van der Waals surface area contributed by atoms with Crippen LogP contribution < -0.4 is 14.5 Å². The summed E-state index contributed by atoms with van der Waals surface area (Å²) < 4.78 is 62.3. The lowest BCUT2D eigenvalue weighted by Crippen LogP contribution is -2.47. The van der Waals surface area contributed by atoms with Crippen molar-refractivity contribution in [3.63, 3.8) is 0 Å². The van der Waals surface area contributed by atoms with Gasteiger partial charge in [0.1, 0.15) is 43.1 Å². The smallest absolute Gasteiger partial charge is 0.340 e. The summed E-state index contributed by atoms with van der Waals surface area (Å²) in [5.74, 6) is 2.21. The highest BCUT2D eigenvalue weighted by Gasteiger charge is 2.46. The number of ether oxygens (including phenoxy) is 6. The summed E-state index contributed by atoms with van der Waals surface area (Å²) in [6.07, 6.45) is 0.791. The van der Waals surface area contributed by atoms with Crippen LogP contribution in [0.4, 0.5) is 11.5 Å². The van der Waals surface area contributed by atoms with Crippen LogP contribution in [0.3, 0.4) is 0 Å². The lowest BCUT2D eigenvalue weighted by molar-refractivity contribution is -0.0541. The van der Waals surface area contributed by atoms with Gasteiger partial charge in [-0.25, -0.2) is 4.68 Å². The van der Waals surface area contributed by atoms with Gasteiger partial charge in [0.05, 0.1) is 64.4 Å². The van der Waals surface area contributed by atoms with E-state index in [9.17, 15) is 24.2 Å². The number of rotatable bonds is 22. The molecule has 3 aromatic rings. The van der Waals surface area contributed by atoms with Gasteiger partial charge in [0.2, 0.25) is 5.28 Å². The zero-order chi connectivity index (χ0) is 39.4. The van der Waals surface area contributed by atoms with Crippen molar-refractivity contribution in [2.75, 3.05) is 108 Å². The molecular weight excluding hydrogens is 790 g/mol. The Kier molecular flexibility index (Phi) is 16.1. The first-order valence-corrected chi connectivity index (χ1v) is 21.2. The number of terminal acetylenes is 1. The molecule has 2 aliphatic rings. The van der Waals surface area contributed by atoms with E-state index in [0.29, 0.717) is 90.2 Å². The maximum Gasteiger partial charge on any atom is 0.340 e. The Morgan fingerprint density at radius 3 is 2.07 bits per heavy atom. The van der Waals surface area contributed by atoms with Crippen molar-refractivity contribution in [2.45, 2.75) is 24.5 Å². The largest absolute Gasteiger partial charge is 0.491 e. The zero-order valence-corrected chi connectivity index (χ0v) is 32.3. The number of aromatic nitrogens is 4. The normalized spacial score (nSPS) is 21.5. The van der Waals surface area contributed by atoms with E-state index in [2.05, 4.69) is 25.9 Å². The molecule has 2 fully saturated rings. The molecule has 0 bridgehead atoms. The SMILES string of the molecule is C#CCOCCOCCOCCOCCOc1ccc(N2CCN(c3nc(Cl)nc4c3cnn4[C@@H]3O[C@H](COP(=O)(O)CP(=O)(O)O)[C@@H](O)[C@H]3O)CC2)cc1. The van der Waals surface area contributed by atoms with Crippen LogP contribution in [0.25, 0.3) is 11.0 Å². The minimum Gasteiger partial charge on any atom is -0.491 e. The van der Waals surface area contributed by atoms with Gasteiger partial charge in [-0.05, 0) is 35.9 Å². The van der Waals surface area contributed by atoms with E-state index in [-0.39, 0.29) is 17.5 Å². The average molecular weight is 835 g/mol. The molecule has 1 aromatic carbocycles. The molecular formula is C32H45ClN6O14P2. The van der Waals surface area contributed by atoms with Crippen molar-refractivity contribution in [3.8, 4) is 18.1 Å². The van der Waals surface area contributed by atoms with Crippen LogP contribution in [-0.4, -0.2) is 161 Å². The van der Waals surface area contributed by atoms with E-state index in [0.717, 1.165) is 11.4 Å². The van der Waals surface area contributed by atoms with Crippen LogP contribution in [0.5, 0.6) is 5.75 Å². The molecule has 2 saturated heterocycles. The quantitative estimate of drug-likeness (QED) is 0.0407. The Hall–Kier alpha value is -2.96. The van der Waals surface area contributed by atoms with Crippen molar-refractivity contribution >= 4 is 49.3 Å². The second-order valence-electron chi connectivity index (χ2n) is 12.3. The van der Waals surface area contributed by atoms with Gasteiger partial charge in [-0.2, -0.15) is 15.1 Å². The molecule has 20 nitrogen and oxygen atoms in total. The highest BCUT2D eigenvalue weighted by atomic mass is 35.5. The van der Waals surface area contributed by atoms with Crippen molar-refractivity contribution in [1.82, 2.24) is 19.7 Å². The first-order chi connectivity index (χ1) is 26.3. The maximum absolute atomic E-state index is 12.1. The van der Waals surface area contributed by atoms with E-state index < -0.39 is 52.2 Å². The molecule has 0 amide bonds. The van der Waals surface area contributed by atoms with Gasteiger partial charge in [-0.15, -0.1) is 6.42 Å². The molecule has 0 radical (unpaired) electrons. The van der Waals surface area contributed by atoms with Crippen LogP contribution >= 0.6 is 26.8 Å². The van der Waals surface area contributed by atoms with E-state index in [1.807, 2.05) is 29.2 Å². The summed E-state index contributed by atoms with van der Waals surface area (Å²) in [7, 11) is -9.59. The predicted molar refractivity (Wildman–Crippen MR) is 197 cm³/mol. The molecule has 5 N–H and O–H groups in total. The molecule has 0 aliphatic carbocycles. The summed E-state index contributed by atoms with van der Waals surface area (Å²) in [4.78, 5) is 40.8. The van der Waals surface area contributed by atoms with Crippen LogP contribution in [0.15, 0.2) is 30.5 Å². The third-order valence-corrected chi connectivity index (χ3v) is 12.0. The minimum atomic E-state index is -4.87. The number of fused-ring (bicyclic) bond motifs is 1. The molecule has 2 aromatic heterocycles. The molecule has 5 atom stereocenters. The lowest BCUT2D eigenvalue weighted by Gasteiger charge is -2.37. The number of anilines is 2. The van der Waals surface area contributed by atoms with Crippen LogP contribution in [0, 0.1) is 12.3 Å². The molecule has 5 rings (SSSR count). The fraction of sp³-hybridized carbons (Fsp3) is 0.594. The van der Waals surface area contributed by atoms with Gasteiger partial charge in [0.15, 0.2) is 17.8 Å². The summed E-state index contributed by atoms with van der Waals surface area (Å²) in [6, 6.07) is 7.79. The molecule has 4 heterocycles. The van der Waals surface area contributed by atoms with Crippen molar-refractivity contribution in [3.05, 3.63) is 35.7 Å². The van der Waals surface area contributed by atoms with Gasteiger partial charge in [-0.1, -0.05) is 5.92 Å². The number of hydrogen-bond acceptors (Lipinski definition) is 16. The highest BCUT2D eigenvalue weighted by molar-refractivity contribution is 7.70. The summed E-state index contributed by atoms with van der Waals surface area (Å²) in [5.41, 5.74) is 1.23. The van der Waals surface area contributed by atoms with E-state index >= 15 is 0 Å². The molecule has 1 unspecified atom stereocenters. The minimum absolute atomic E-state index is 0.0897. The van der Waals surface area contributed by atoms with Gasteiger partial charge in [0, 0.05) is 31.9 Å². The van der Waals surface area contributed by atoms with E-state index in [1.165, 1.54) is 10.9 Å². The monoisotopic (exact) mass is 834 g/mol. The first-order valence-electron chi connectivity index (χ1n) is 17.3. The Labute approximate surface area is 321 Å². The highest BCUT2D eigenvalue weighted by Crippen LogP contribution is 2.55. The fourth-order valence-corrected chi connectivity index (χ4v) is 8.51. The Morgan fingerprint density at radius 1 is 0.855 bits per heavy atom. The van der Waals surface area contributed by atoms with Crippen LogP contribution in [-0.2, 0) is 37.3 Å². The first kappa shape index (κ1) is 43.2. The fourth-order valence-electron chi connectivity index (χ4n) is 5.78. The number of halogens is 1. The van der Waals surface area contributed by atoms with Crippen molar-refractivity contribution in [1.29, 1.82) is 0 Å². The predicted octanol–water partition coefficient (Wildman–Crippen LogP) is 0.841. The van der Waals surface area contributed by atoms with E-state index in [4.69, 9.17) is 60.8 Å². The molecule has 0 spiro atoms. The van der Waals surface area contributed by atoms with Crippen LogP contribution in [0.1, 0.15) is 6.23 Å². The summed E-state index contributed by atoms with van der Waals surface area (Å²) in [6.45, 7) is 5.58. The number of nitrogens with zero attached hydrogens (tertiary/aromatic N) is 6. The van der Waals surface area contributed by atoms with Crippen molar-refractivity contribution < 1.29 is 67.0 Å². The molecule has 55 heavy (non-hydrogen) atoms. The van der Waals surface area contributed by atoms with Crippen molar-refractivity contribution in [2.24, 2.45) is 0 Å². The van der Waals surface area contributed by atoms with Crippen LogP contribution in [0.2, 0.25) is 5.28 Å². The molecule has 304 valence electrons. The Morgan fingerprint density at radius 2 is 1.45 bits per heavy atom. The average Bonchev–Trinajstić information content (AvgIpc) is 3.69. The zero-order valence-electron chi connectivity index (χ0n) is 29.7. The maximum atomic E-state index is 12.1. The lowest BCUT2D eigenvalue weighted by atomic mass is 10.1. The number of aliphatic hydroxyl groups excluding tert-OH is 2. The Balaban J connectivity index is 1.06. The Bertz CT molecular complexity index is 1810. The van der Waals surface area contributed by atoms with E-state index in [1.54, 1.807) is 0 Å². The number of piperazine rings is 1. The third-order valence-electron chi connectivity index (χ3n) is 8.37. The third kappa shape index (κ3) is 12.8. The standard InChI is InChI=1S/C32H45ClN6O14P2/c1-2-11-47-12-13-48-14-15-49-16-17-50-18-19-51-24-5-3-23(4-6-24)37-7-9-38(10-8-37)29-25-20-34-39(30(25)36-32(33)35-29)31-28(41)27(40)26(53-31)21-52-55(45,46)22-54(42,43)44/h1,3-6,20,26-28,31,40-41H,7-19,21-22H2,(H,45,46)(H2,42,43,44)/t26-,27-,28-,31-/m1/s1. The van der Waals surface area contributed by atoms with Gasteiger partial charge >= 0.3 is 15.2 Å². The van der Waals surface area contributed by atoms with Gasteiger partial charge < -0.3 is 67.6 Å². The number of aliphatic hydroxyl groups is 2. The molecule has 0 saturated carbocycles. The number of benzene rings is 1. The van der Waals surface area contributed by atoms with Gasteiger partial charge in [-0.3, -0.25) is 9.13 Å². The van der Waals surface area contributed by atoms with Gasteiger partial charge in [0.25, 0.3) is 0 Å². The molecule has 23 heteroatoms. The summed E-state index contributed by atoms with van der Waals surface area (Å²) in [5, 5.41) is 26.1.